The molecule has 1 amide bonds. The third-order valence-corrected chi connectivity index (χ3v) is 4.17. The Kier molecular flexibility index (Phi) is 6.24. The van der Waals surface area contributed by atoms with Crippen LogP contribution >= 0.6 is 11.8 Å². The Morgan fingerprint density at radius 1 is 1.37 bits per heavy atom. The lowest BCUT2D eigenvalue weighted by Gasteiger charge is -2.10. The molecule has 1 aliphatic heterocycles. The van der Waals surface area contributed by atoms with Gasteiger partial charge in [-0.25, -0.2) is 0 Å². The zero-order valence-corrected chi connectivity index (χ0v) is 12.0. The zero-order chi connectivity index (χ0) is 13.3. The van der Waals surface area contributed by atoms with Crippen LogP contribution in [-0.4, -0.2) is 30.9 Å². The van der Waals surface area contributed by atoms with Crippen LogP contribution in [0, 0.1) is 0 Å². The van der Waals surface area contributed by atoms with Crippen molar-refractivity contribution in [2.45, 2.75) is 31.1 Å². The number of thioether (sulfide) groups is 1. The second-order valence-electron chi connectivity index (χ2n) is 4.73. The van der Waals surface area contributed by atoms with E-state index in [0.29, 0.717) is 13.0 Å². The van der Waals surface area contributed by atoms with Crippen molar-refractivity contribution >= 4 is 17.7 Å². The molecule has 1 atom stereocenters. The standard InChI is InChI=1S/C15H21NO2S/c17-15(16-11-14-7-4-9-18-14)8-10-19-12-13-5-2-1-3-6-13/h1-3,5-6,14H,4,7-12H2,(H,16,17). The van der Waals surface area contributed by atoms with Crippen LogP contribution in [0.1, 0.15) is 24.8 Å². The Morgan fingerprint density at radius 2 is 2.21 bits per heavy atom. The van der Waals surface area contributed by atoms with Gasteiger partial charge in [0.2, 0.25) is 5.91 Å². The summed E-state index contributed by atoms with van der Waals surface area (Å²) in [6.45, 7) is 1.51. The highest BCUT2D eigenvalue weighted by molar-refractivity contribution is 7.98. The summed E-state index contributed by atoms with van der Waals surface area (Å²) < 4.78 is 5.47. The summed E-state index contributed by atoms with van der Waals surface area (Å²) >= 11 is 1.80. The van der Waals surface area contributed by atoms with Crippen LogP contribution in [0.5, 0.6) is 0 Å². The number of amides is 1. The first-order valence-electron chi connectivity index (χ1n) is 6.84. The average Bonchev–Trinajstić information content (AvgIpc) is 2.96. The Morgan fingerprint density at radius 3 is 2.95 bits per heavy atom. The van der Waals surface area contributed by atoms with E-state index in [-0.39, 0.29) is 12.0 Å². The summed E-state index contributed by atoms with van der Waals surface area (Å²) in [5.74, 6) is 1.97. The molecule has 4 heteroatoms. The molecule has 104 valence electrons. The molecule has 1 aromatic rings. The minimum absolute atomic E-state index is 0.135. The number of benzene rings is 1. The van der Waals surface area contributed by atoms with Gasteiger partial charge in [-0.15, -0.1) is 0 Å². The molecule has 0 saturated carbocycles. The van der Waals surface area contributed by atoms with Gasteiger partial charge in [0.05, 0.1) is 6.10 Å². The van der Waals surface area contributed by atoms with E-state index in [9.17, 15) is 4.79 Å². The van der Waals surface area contributed by atoms with Crippen molar-refractivity contribution in [1.82, 2.24) is 5.32 Å². The fourth-order valence-corrected chi connectivity index (χ4v) is 2.95. The van der Waals surface area contributed by atoms with Crippen LogP contribution < -0.4 is 5.32 Å². The van der Waals surface area contributed by atoms with Crippen molar-refractivity contribution in [3.63, 3.8) is 0 Å². The topological polar surface area (TPSA) is 38.3 Å². The highest BCUT2D eigenvalue weighted by atomic mass is 32.2. The molecule has 0 aromatic heterocycles. The van der Waals surface area contributed by atoms with E-state index in [2.05, 4.69) is 17.4 Å². The third kappa shape index (κ3) is 5.66. The van der Waals surface area contributed by atoms with E-state index in [1.807, 2.05) is 18.2 Å². The molecule has 1 heterocycles. The normalized spacial score (nSPS) is 18.4. The number of rotatable bonds is 7. The SMILES string of the molecule is O=C(CCSCc1ccccc1)NCC1CCCO1. The largest absolute Gasteiger partial charge is 0.376 e. The van der Waals surface area contributed by atoms with Crippen LogP contribution in [0.4, 0.5) is 0 Å². The molecule has 2 rings (SSSR count). The van der Waals surface area contributed by atoms with Gasteiger partial charge in [0.15, 0.2) is 0 Å². The van der Waals surface area contributed by atoms with Crippen molar-refractivity contribution in [2.75, 3.05) is 18.9 Å². The number of hydrogen-bond donors (Lipinski definition) is 1. The molecule has 1 saturated heterocycles. The van der Waals surface area contributed by atoms with Crippen molar-refractivity contribution in [3.8, 4) is 0 Å². The molecular weight excluding hydrogens is 258 g/mol. The van der Waals surface area contributed by atoms with E-state index in [1.54, 1.807) is 11.8 Å². The molecular formula is C15H21NO2S. The minimum Gasteiger partial charge on any atom is -0.376 e. The van der Waals surface area contributed by atoms with Crippen molar-refractivity contribution in [2.24, 2.45) is 0 Å². The van der Waals surface area contributed by atoms with E-state index in [1.165, 1.54) is 5.56 Å². The maximum atomic E-state index is 11.6. The van der Waals surface area contributed by atoms with Crippen molar-refractivity contribution < 1.29 is 9.53 Å². The van der Waals surface area contributed by atoms with Gasteiger partial charge in [-0.3, -0.25) is 4.79 Å². The fraction of sp³-hybridized carbons (Fsp3) is 0.533. The highest BCUT2D eigenvalue weighted by Crippen LogP contribution is 2.13. The summed E-state index contributed by atoms with van der Waals surface area (Å²) in [4.78, 5) is 11.6. The van der Waals surface area contributed by atoms with E-state index in [4.69, 9.17) is 4.74 Å². The lowest BCUT2D eigenvalue weighted by Crippen LogP contribution is -2.31. The van der Waals surface area contributed by atoms with Gasteiger partial charge in [-0.1, -0.05) is 30.3 Å². The molecule has 0 spiro atoms. The quantitative estimate of drug-likeness (QED) is 0.780. The maximum Gasteiger partial charge on any atom is 0.220 e. The Hall–Kier alpha value is -1.00. The molecule has 0 aliphatic carbocycles. The second-order valence-corrected chi connectivity index (χ2v) is 5.83. The minimum atomic E-state index is 0.135. The monoisotopic (exact) mass is 279 g/mol. The van der Waals surface area contributed by atoms with Gasteiger partial charge in [-0.2, -0.15) is 11.8 Å². The van der Waals surface area contributed by atoms with Crippen LogP contribution in [0.2, 0.25) is 0 Å². The molecule has 1 N–H and O–H groups in total. The molecule has 1 aromatic carbocycles. The number of carbonyl (C=O) groups is 1. The summed E-state index contributed by atoms with van der Waals surface area (Å²) in [7, 11) is 0. The smallest absolute Gasteiger partial charge is 0.220 e. The second kappa shape index (κ2) is 8.23. The van der Waals surface area contributed by atoms with Gasteiger partial charge in [0, 0.05) is 31.1 Å². The number of carbonyl (C=O) groups excluding carboxylic acids is 1. The van der Waals surface area contributed by atoms with Gasteiger partial charge in [0.1, 0.15) is 0 Å². The predicted octanol–water partition coefficient (Wildman–Crippen LogP) is 2.61. The molecule has 1 fully saturated rings. The lowest BCUT2D eigenvalue weighted by atomic mass is 10.2. The maximum absolute atomic E-state index is 11.6. The zero-order valence-electron chi connectivity index (χ0n) is 11.1. The van der Waals surface area contributed by atoms with E-state index in [0.717, 1.165) is 31.0 Å². The molecule has 19 heavy (non-hydrogen) atoms. The van der Waals surface area contributed by atoms with Gasteiger partial charge in [0.25, 0.3) is 0 Å². The Bertz CT molecular complexity index is 377. The van der Waals surface area contributed by atoms with Crippen molar-refractivity contribution in [3.05, 3.63) is 35.9 Å². The summed E-state index contributed by atoms with van der Waals surface area (Å²) in [6, 6.07) is 10.3. The molecule has 0 radical (unpaired) electrons. The van der Waals surface area contributed by atoms with Crippen molar-refractivity contribution in [1.29, 1.82) is 0 Å². The lowest BCUT2D eigenvalue weighted by molar-refractivity contribution is -0.121. The van der Waals surface area contributed by atoms with Crippen LogP contribution in [0.3, 0.4) is 0 Å². The van der Waals surface area contributed by atoms with Crippen LogP contribution in [0.15, 0.2) is 30.3 Å². The predicted molar refractivity (Wildman–Crippen MR) is 79.2 cm³/mol. The van der Waals surface area contributed by atoms with E-state index >= 15 is 0 Å². The Balaban J connectivity index is 1.51. The molecule has 3 nitrogen and oxygen atoms in total. The summed E-state index contributed by atoms with van der Waals surface area (Å²) in [5, 5.41) is 2.95. The number of nitrogens with one attached hydrogen (secondary N) is 1. The Labute approximate surface area is 119 Å². The fourth-order valence-electron chi connectivity index (χ4n) is 2.05. The number of hydrogen-bond acceptors (Lipinski definition) is 3. The summed E-state index contributed by atoms with van der Waals surface area (Å²) in [5.41, 5.74) is 1.31. The van der Waals surface area contributed by atoms with Gasteiger partial charge < -0.3 is 10.1 Å². The first kappa shape index (κ1) is 14.4. The molecule has 0 bridgehead atoms. The van der Waals surface area contributed by atoms with Crippen LogP contribution in [-0.2, 0) is 15.3 Å². The first-order chi connectivity index (χ1) is 9.34. The van der Waals surface area contributed by atoms with Crippen LogP contribution in [0.25, 0.3) is 0 Å². The first-order valence-corrected chi connectivity index (χ1v) is 8.00. The highest BCUT2D eigenvalue weighted by Gasteiger charge is 2.15. The molecule has 1 unspecified atom stereocenters. The van der Waals surface area contributed by atoms with E-state index < -0.39 is 0 Å². The van der Waals surface area contributed by atoms with Gasteiger partial charge in [-0.05, 0) is 18.4 Å². The van der Waals surface area contributed by atoms with Gasteiger partial charge >= 0.3 is 0 Å². The molecule has 1 aliphatic rings. The average molecular weight is 279 g/mol. The summed E-state index contributed by atoms with van der Waals surface area (Å²) in [6.07, 6.45) is 3.02. The number of ether oxygens (including phenoxy) is 1. The third-order valence-electron chi connectivity index (χ3n) is 3.14.